The molecule has 1 fully saturated rings. The number of nitrogens with one attached hydrogen (secondary N) is 1. The van der Waals surface area contributed by atoms with E-state index in [-0.39, 0.29) is 18.2 Å². The van der Waals surface area contributed by atoms with E-state index in [9.17, 15) is 4.79 Å². The molecule has 104 valence electrons. The molecular weight excluding hydrogens is 240 g/mol. The fraction of sp³-hybridized carbons (Fsp3) is 0.533. The summed E-state index contributed by atoms with van der Waals surface area (Å²) >= 11 is 0. The van der Waals surface area contributed by atoms with Gasteiger partial charge in [-0.05, 0) is 44.9 Å². The van der Waals surface area contributed by atoms with Crippen LogP contribution >= 0.6 is 0 Å². The Kier molecular flexibility index (Phi) is 4.10. The maximum absolute atomic E-state index is 12.3. The van der Waals surface area contributed by atoms with Crippen LogP contribution in [0.1, 0.15) is 25.0 Å². The van der Waals surface area contributed by atoms with Crippen LogP contribution in [0.15, 0.2) is 18.2 Å². The maximum Gasteiger partial charge on any atom is 0.322 e. The fourth-order valence-corrected chi connectivity index (χ4v) is 2.42. The molecule has 1 saturated heterocycles. The number of carbonyl (C=O) groups is 1. The second-order valence-corrected chi connectivity index (χ2v) is 5.34. The molecule has 19 heavy (non-hydrogen) atoms. The topological polar surface area (TPSA) is 41.6 Å². The Bertz CT molecular complexity index is 463. The zero-order chi connectivity index (χ0) is 14.0. The first-order chi connectivity index (χ1) is 8.97. The number of nitrogens with zero attached hydrogens (tertiary/aromatic N) is 1. The van der Waals surface area contributed by atoms with E-state index in [2.05, 4.69) is 5.32 Å². The molecule has 0 spiro atoms. The Morgan fingerprint density at radius 2 is 1.89 bits per heavy atom. The van der Waals surface area contributed by atoms with Crippen LogP contribution in [-0.2, 0) is 4.74 Å². The number of amides is 2. The molecule has 1 heterocycles. The van der Waals surface area contributed by atoms with Gasteiger partial charge in [0.15, 0.2) is 0 Å². The van der Waals surface area contributed by atoms with Crippen molar-refractivity contribution in [3.63, 3.8) is 0 Å². The van der Waals surface area contributed by atoms with Gasteiger partial charge in [-0.3, -0.25) is 0 Å². The van der Waals surface area contributed by atoms with Crippen LogP contribution in [0.5, 0.6) is 0 Å². The number of hydrogen-bond donors (Lipinski definition) is 1. The molecule has 2 rings (SSSR count). The lowest BCUT2D eigenvalue weighted by Gasteiger charge is -2.35. The molecule has 1 aromatic rings. The van der Waals surface area contributed by atoms with E-state index in [0.29, 0.717) is 13.1 Å². The van der Waals surface area contributed by atoms with Gasteiger partial charge in [0.2, 0.25) is 0 Å². The molecule has 0 aliphatic carbocycles. The van der Waals surface area contributed by atoms with Gasteiger partial charge in [-0.2, -0.15) is 0 Å². The zero-order valence-corrected chi connectivity index (χ0v) is 12.1. The van der Waals surface area contributed by atoms with Crippen LogP contribution in [0.25, 0.3) is 0 Å². The highest BCUT2D eigenvalue weighted by molar-refractivity contribution is 5.90. The second-order valence-electron chi connectivity index (χ2n) is 5.34. The number of ether oxygens (including phenoxy) is 1. The van der Waals surface area contributed by atoms with Crippen LogP contribution < -0.4 is 5.32 Å². The number of benzene rings is 1. The maximum atomic E-state index is 12.3. The van der Waals surface area contributed by atoms with Crippen LogP contribution in [0, 0.1) is 13.8 Å². The summed E-state index contributed by atoms with van der Waals surface area (Å²) < 4.78 is 5.64. The Morgan fingerprint density at radius 3 is 2.53 bits per heavy atom. The van der Waals surface area contributed by atoms with E-state index in [0.717, 1.165) is 11.3 Å². The Balaban J connectivity index is 2.06. The summed E-state index contributed by atoms with van der Waals surface area (Å²) in [5.41, 5.74) is 3.18. The lowest BCUT2D eigenvalue weighted by molar-refractivity contribution is -0.0530. The molecule has 0 saturated carbocycles. The molecule has 1 aromatic carbocycles. The van der Waals surface area contributed by atoms with Gasteiger partial charge in [-0.15, -0.1) is 0 Å². The molecule has 0 radical (unpaired) electrons. The van der Waals surface area contributed by atoms with Crippen molar-refractivity contribution in [1.82, 2.24) is 4.90 Å². The molecule has 4 heteroatoms. The van der Waals surface area contributed by atoms with Gasteiger partial charge in [0.25, 0.3) is 0 Å². The van der Waals surface area contributed by atoms with Gasteiger partial charge in [-0.1, -0.05) is 12.1 Å². The lowest BCUT2D eigenvalue weighted by atomic mass is 10.1. The molecule has 4 nitrogen and oxygen atoms in total. The van der Waals surface area contributed by atoms with Gasteiger partial charge in [0.05, 0.1) is 12.2 Å². The highest BCUT2D eigenvalue weighted by Crippen LogP contribution is 2.19. The van der Waals surface area contributed by atoms with Crippen molar-refractivity contribution in [3.8, 4) is 0 Å². The minimum atomic E-state index is -0.0456. The summed E-state index contributed by atoms with van der Waals surface area (Å²) in [7, 11) is 0. The predicted octanol–water partition coefficient (Wildman–Crippen LogP) is 2.94. The third-order valence-electron chi connectivity index (χ3n) is 3.55. The van der Waals surface area contributed by atoms with E-state index in [1.165, 1.54) is 5.56 Å². The molecule has 1 aliphatic heterocycles. The van der Waals surface area contributed by atoms with Crippen molar-refractivity contribution in [3.05, 3.63) is 29.3 Å². The fourth-order valence-electron chi connectivity index (χ4n) is 2.42. The summed E-state index contributed by atoms with van der Waals surface area (Å²) in [5, 5.41) is 2.99. The van der Waals surface area contributed by atoms with Crippen molar-refractivity contribution < 1.29 is 9.53 Å². The number of morpholine rings is 1. The van der Waals surface area contributed by atoms with Gasteiger partial charge in [-0.25, -0.2) is 4.79 Å². The highest BCUT2D eigenvalue weighted by atomic mass is 16.5. The van der Waals surface area contributed by atoms with Crippen molar-refractivity contribution in [2.45, 2.75) is 39.9 Å². The second kappa shape index (κ2) is 5.61. The van der Waals surface area contributed by atoms with Crippen LogP contribution in [0.3, 0.4) is 0 Å². The average Bonchev–Trinajstić information content (AvgIpc) is 2.33. The minimum Gasteiger partial charge on any atom is -0.372 e. The van der Waals surface area contributed by atoms with Gasteiger partial charge in [0.1, 0.15) is 0 Å². The third-order valence-corrected chi connectivity index (χ3v) is 3.55. The number of hydrogen-bond acceptors (Lipinski definition) is 2. The molecule has 2 amide bonds. The van der Waals surface area contributed by atoms with Crippen molar-refractivity contribution in [1.29, 1.82) is 0 Å². The lowest BCUT2D eigenvalue weighted by Crippen LogP contribution is -2.49. The standard InChI is InChI=1S/C15H22N2O2/c1-10-6-5-7-14(13(10)4)16-15(18)17-8-11(2)19-12(3)9-17/h5-7,11-12H,8-9H2,1-4H3,(H,16,18). The smallest absolute Gasteiger partial charge is 0.322 e. The Labute approximate surface area is 114 Å². The number of rotatable bonds is 1. The normalized spacial score (nSPS) is 23.3. The number of urea groups is 1. The third kappa shape index (κ3) is 3.26. The van der Waals surface area contributed by atoms with E-state index in [4.69, 9.17) is 4.74 Å². The van der Waals surface area contributed by atoms with Crippen molar-refractivity contribution in [2.24, 2.45) is 0 Å². The van der Waals surface area contributed by atoms with Crippen LogP contribution in [-0.4, -0.2) is 36.2 Å². The molecule has 0 aromatic heterocycles. The molecule has 0 bridgehead atoms. The molecule has 2 unspecified atom stereocenters. The van der Waals surface area contributed by atoms with E-state index < -0.39 is 0 Å². The molecule has 2 atom stereocenters. The largest absolute Gasteiger partial charge is 0.372 e. The van der Waals surface area contributed by atoms with Crippen molar-refractivity contribution in [2.75, 3.05) is 18.4 Å². The highest BCUT2D eigenvalue weighted by Gasteiger charge is 2.26. The summed E-state index contributed by atoms with van der Waals surface area (Å²) in [5.74, 6) is 0. The number of aryl methyl sites for hydroxylation is 1. The summed E-state index contributed by atoms with van der Waals surface area (Å²) in [6.45, 7) is 9.34. The summed E-state index contributed by atoms with van der Waals surface area (Å²) in [6, 6.07) is 5.90. The van der Waals surface area contributed by atoms with Gasteiger partial charge in [0, 0.05) is 18.8 Å². The molecule has 1 aliphatic rings. The van der Waals surface area contributed by atoms with E-state index >= 15 is 0 Å². The summed E-state index contributed by atoms with van der Waals surface area (Å²) in [4.78, 5) is 14.1. The van der Waals surface area contributed by atoms with Crippen molar-refractivity contribution >= 4 is 11.7 Å². The Morgan fingerprint density at radius 1 is 1.26 bits per heavy atom. The minimum absolute atomic E-state index is 0.0456. The van der Waals surface area contributed by atoms with Gasteiger partial charge >= 0.3 is 6.03 Å². The first-order valence-corrected chi connectivity index (χ1v) is 6.75. The SMILES string of the molecule is Cc1cccc(NC(=O)N2CC(C)OC(C)C2)c1C. The van der Waals surface area contributed by atoms with Gasteiger partial charge < -0.3 is 15.0 Å². The predicted molar refractivity (Wildman–Crippen MR) is 76.5 cm³/mol. The van der Waals surface area contributed by atoms with Crippen LogP contribution in [0.4, 0.5) is 10.5 Å². The summed E-state index contributed by atoms with van der Waals surface area (Å²) in [6.07, 6.45) is 0.182. The molecule has 1 N–H and O–H groups in total. The zero-order valence-electron chi connectivity index (χ0n) is 12.1. The number of anilines is 1. The van der Waals surface area contributed by atoms with E-state index in [1.54, 1.807) is 0 Å². The van der Waals surface area contributed by atoms with Crippen LogP contribution in [0.2, 0.25) is 0 Å². The Hall–Kier alpha value is -1.55. The molecular formula is C15H22N2O2. The first kappa shape index (κ1) is 13.9. The first-order valence-electron chi connectivity index (χ1n) is 6.75. The number of carbonyl (C=O) groups excluding carboxylic acids is 1. The average molecular weight is 262 g/mol. The quantitative estimate of drug-likeness (QED) is 0.845. The monoisotopic (exact) mass is 262 g/mol. The van der Waals surface area contributed by atoms with E-state index in [1.807, 2.05) is 50.8 Å².